The van der Waals surface area contributed by atoms with Crippen molar-refractivity contribution in [2.75, 3.05) is 7.11 Å². The highest BCUT2D eigenvalue weighted by Gasteiger charge is 2.14. The van der Waals surface area contributed by atoms with Crippen LogP contribution in [0.3, 0.4) is 0 Å². The number of carbonyl (C=O) groups excluding carboxylic acids is 2. The number of hydrogen-bond acceptors (Lipinski definition) is 6. The molecule has 3 aromatic rings. The van der Waals surface area contributed by atoms with E-state index < -0.39 is 18.0 Å². The molecule has 0 saturated heterocycles. The molecule has 0 radical (unpaired) electrons. The number of nitrogens with one attached hydrogen (secondary N) is 1. The molecule has 0 aliphatic rings. The highest BCUT2D eigenvalue weighted by molar-refractivity contribution is 6.30. The zero-order chi connectivity index (χ0) is 22.9. The minimum atomic E-state index is -0.776. The summed E-state index contributed by atoms with van der Waals surface area (Å²) in [5, 5.41) is 4.45. The summed E-state index contributed by atoms with van der Waals surface area (Å²) >= 11 is 5.91. The topological polar surface area (TPSA) is 86.2 Å². The van der Waals surface area contributed by atoms with E-state index in [1.807, 2.05) is 0 Å². The van der Waals surface area contributed by atoms with Gasteiger partial charge in [-0.3, -0.25) is 4.79 Å². The van der Waals surface area contributed by atoms with Crippen LogP contribution in [0.5, 0.6) is 17.2 Å². The van der Waals surface area contributed by atoms with Crippen LogP contribution in [0.15, 0.2) is 77.9 Å². The average Bonchev–Trinajstić information content (AvgIpc) is 2.79. The summed E-state index contributed by atoms with van der Waals surface area (Å²) in [5.41, 5.74) is 3.44. The fourth-order valence-corrected chi connectivity index (χ4v) is 2.79. The first-order valence-electron chi connectivity index (χ1n) is 9.66. The van der Waals surface area contributed by atoms with E-state index in [4.69, 9.17) is 25.8 Å². The fourth-order valence-electron chi connectivity index (χ4n) is 2.61. The molecule has 0 unspecified atom stereocenters. The van der Waals surface area contributed by atoms with E-state index in [9.17, 15) is 9.59 Å². The van der Waals surface area contributed by atoms with Gasteiger partial charge in [0.2, 0.25) is 0 Å². The standard InChI is InChI=1S/C24H21ClN2O5/c1-16(31-22-8-4-6-19(25)14-22)23(28)27-26-15-17-5-3-7-21(13-17)32-24(29)18-9-11-20(30-2)12-10-18/h3-16H,1-2H3,(H,27,28)/b26-15-/t16-/m1/s1. The monoisotopic (exact) mass is 452 g/mol. The van der Waals surface area contributed by atoms with Crippen molar-refractivity contribution < 1.29 is 23.8 Å². The third-order valence-corrected chi connectivity index (χ3v) is 4.50. The van der Waals surface area contributed by atoms with Gasteiger partial charge in [0.05, 0.1) is 18.9 Å². The molecule has 0 bridgehead atoms. The van der Waals surface area contributed by atoms with Crippen LogP contribution < -0.4 is 19.6 Å². The molecular weight excluding hydrogens is 432 g/mol. The molecule has 0 aliphatic carbocycles. The molecule has 3 aromatic carbocycles. The molecule has 8 heteroatoms. The number of ether oxygens (including phenoxy) is 3. The van der Waals surface area contributed by atoms with E-state index >= 15 is 0 Å². The van der Waals surface area contributed by atoms with E-state index in [2.05, 4.69) is 10.5 Å². The van der Waals surface area contributed by atoms with Gasteiger partial charge in [0.25, 0.3) is 5.91 Å². The Labute approximate surface area is 190 Å². The van der Waals surface area contributed by atoms with Gasteiger partial charge >= 0.3 is 5.97 Å². The Balaban J connectivity index is 1.55. The van der Waals surface area contributed by atoms with E-state index in [1.54, 1.807) is 86.8 Å². The number of carbonyl (C=O) groups is 2. The van der Waals surface area contributed by atoms with Crippen LogP contribution >= 0.6 is 11.6 Å². The maximum atomic E-state index is 12.3. The maximum absolute atomic E-state index is 12.3. The quantitative estimate of drug-likeness (QED) is 0.235. The Bertz CT molecular complexity index is 1120. The first kappa shape index (κ1) is 22.8. The largest absolute Gasteiger partial charge is 0.497 e. The van der Waals surface area contributed by atoms with Gasteiger partial charge in [-0.15, -0.1) is 0 Å². The number of amides is 1. The molecule has 0 fully saturated rings. The molecule has 3 rings (SSSR count). The number of methoxy groups -OCH3 is 1. The van der Waals surface area contributed by atoms with Gasteiger partial charge in [-0.1, -0.05) is 29.8 Å². The van der Waals surface area contributed by atoms with Gasteiger partial charge in [0, 0.05) is 5.02 Å². The number of halogens is 1. The van der Waals surface area contributed by atoms with Crippen molar-refractivity contribution in [1.82, 2.24) is 5.43 Å². The Morgan fingerprint density at radius 3 is 2.41 bits per heavy atom. The summed E-state index contributed by atoms with van der Waals surface area (Å²) < 4.78 is 16.0. The molecule has 7 nitrogen and oxygen atoms in total. The van der Waals surface area contributed by atoms with Gasteiger partial charge in [0.15, 0.2) is 6.10 Å². The van der Waals surface area contributed by atoms with Gasteiger partial charge in [-0.25, -0.2) is 10.2 Å². The number of hydrogen-bond donors (Lipinski definition) is 1. The lowest BCUT2D eigenvalue weighted by Gasteiger charge is -2.12. The second-order valence-corrected chi connectivity index (χ2v) is 7.08. The third-order valence-electron chi connectivity index (χ3n) is 4.26. The smallest absolute Gasteiger partial charge is 0.343 e. The number of rotatable bonds is 8. The second kappa shape index (κ2) is 11.0. The summed E-state index contributed by atoms with van der Waals surface area (Å²) in [6, 6.07) is 20.1. The lowest BCUT2D eigenvalue weighted by Crippen LogP contribution is -2.33. The van der Waals surface area contributed by atoms with Crippen LogP contribution in [0.4, 0.5) is 0 Å². The van der Waals surface area contributed by atoms with Crippen molar-refractivity contribution in [3.05, 3.63) is 88.9 Å². The molecule has 32 heavy (non-hydrogen) atoms. The highest BCUT2D eigenvalue weighted by Crippen LogP contribution is 2.19. The minimum Gasteiger partial charge on any atom is -0.497 e. The average molecular weight is 453 g/mol. The first-order chi connectivity index (χ1) is 15.4. The van der Waals surface area contributed by atoms with Crippen LogP contribution in [-0.2, 0) is 4.79 Å². The van der Waals surface area contributed by atoms with Gasteiger partial charge in [0.1, 0.15) is 17.2 Å². The molecule has 0 heterocycles. The summed E-state index contributed by atoms with van der Waals surface area (Å²) in [7, 11) is 1.55. The van der Waals surface area contributed by atoms with Crippen LogP contribution in [-0.4, -0.2) is 31.3 Å². The molecule has 1 amide bonds. The van der Waals surface area contributed by atoms with E-state index in [-0.39, 0.29) is 0 Å². The van der Waals surface area contributed by atoms with Crippen LogP contribution in [0, 0.1) is 0 Å². The van der Waals surface area contributed by atoms with Crippen molar-refractivity contribution in [2.45, 2.75) is 13.0 Å². The zero-order valence-electron chi connectivity index (χ0n) is 17.4. The maximum Gasteiger partial charge on any atom is 0.343 e. The van der Waals surface area contributed by atoms with Crippen molar-refractivity contribution in [2.24, 2.45) is 5.10 Å². The molecule has 0 aliphatic heterocycles. The Kier molecular flexibility index (Phi) is 7.83. The Morgan fingerprint density at radius 1 is 0.969 bits per heavy atom. The molecule has 1 atom stereocenters. The molecule has 0 saturated carbocycles. The second-order valence-electron chi connectivity index (χ2n) is 6.64. The summed E-state index contributed by atoms with van der Waals surface area (Å²) in [4.78, 5) is 24.5. The normalized spacial score (nSPS) is 11.6. The van der Waals surface area contributed by atoms with Crippen LogP contribution in [0.25, 0.3) is 0 Å². The Morgan fingerprint density at radius 2 is 1.69 bits per heavy atom. The summed E-state index contributed by atoms with van der Waals surface area (Å²) in [6.07, 6.45) is 0.664. The van der Waals surface area contributed by atoms with Crippen LogP contribution in [0.1, 0.15) is 22.8 Å². The number of benzene rings is 3. The predicted octanol–water partition coefficient (Wildman–Crippen LogP) is 4.49. The van der Waals surface area contributed by atoms with Crippen molar-refractivity contribution in [3.63, 3.8) is 0 Å². The van der Waals surface area contributed by atoms with Crippen molar-refractivity contribution in [1.29, 1.82) is 0 Å². The number of esters is 1. The first-order valence-corrected chi connectivity index (χ1v) is 10.0. The fraction of sp³-hybridized carbons (Fsp3) is 0.125. The van der Waals surface area contributed by atoms with Crippen molar-refractivity contribution >= 4 is 29.7 Å². The minimum absolute atomic E-state index is 0.346. The number of nitrogens with zero attached hydrogens (tertiary/aromatic N) is 1. The van der Waals surface area contributed by atoms with Crippen molar-refractivity contribution in [3.8, 4) is 17.2 Å². The lowest BCUT2D eigenvalue weighted by atomic mass is 10.2. The summed E-state index contributed by atoms with van der Waals surface area (Å²) in [5.74, 6) is 0.550. The molecular formula is C24H21ClN2O5. The zero-order valence-corrected chi connectivity index (χ0v) is 18.2. The van der Waals surface area contributed by atoms with Gasteiger partial charge in [-0.2, -0.15) is 5.10 Å². The SMILES string of the molecule is COc1ccc(C(=O)Oc2cccc(/C=N\NC(=O)[C@@H](C)Oc3cccc(Cl)c3)c2)cc1. The predicted molar refractivity (Wildman–Crippen MR) is 122 cm³/mol. The van der Waals surface area contributed by atoms with E-state index in [1.165, 1.54) is 6.21 Å². The number of hydrazone groups is 1. The van der Waals surface area contributed by atoms with E-state index in [0.29, 0.717) is 33.4 Å². The Hall–Kier alpha value is -3.84. The molecule has 1 N–H and O–H groups in total. The molecule has 0 aromatic heterocycles. The van der Waals surface area contributed by atoms with Gasteiger partial charge in [-0.05, 0) is 67.1 Å². The molecule has 164 valence electrons. The lowest BCUT2D eigenvalue weighted by molar-refractivity contribution is -0.127. The van der Waals surface area contributed by atoms with Crippen LogP contribution in [0.2, 0.25) is 5.02 Å². The van der Waals surface area contributed by atoms with Gasteiger partial charge < -0.3 is 14.2 Å². The highest BCUT2D eigenvalue weighted by atomic mass is 35.5. The van der Waals surface area contributed by atoms with E-state index in [0.717, 1.165) is 0 Å². The molecule has 0 spiro atoms. The summed E-state index contributed by atoms with van der Waals surface area (Å²) in [6.45, 7) is 1.60. The third kappa shape index (κ3) is 6.58.